The molecule has 2 aromatic heterocycles. The van der Waals surface area contributed by atoms with E-state index in [1.807, 2.05) is 30.0 Å². The second-order valence-corrected chi connectivity index (χ2v) is 11.6. The van der Waals surface area contributed by atoms with Gasteiger partial charge < -0.3 is 14.7 Å². The molecule has 8 heteroatoms. The summed E-state index contributed by atoms with van der Waals surface area (Å²) >= 11 is 3.65. The van der Waals surface area contributed by atoms with Crippen LogP contribution in [0.15, 0.2) is 46.1 Å². The molecular formula is C27H33FN2O3S2. The number of methoxy groups -OCH3 is 1. The van der Waals surface area contributed by atoms with Gasteiger partial charge >= 0.3 is 5.97 Å². The summed E-state index contributed by atoms with van der Waals surface area (Å²) in [5.41, 5.74) is 2.70. The highest BCUT2D eigenvalue weighted by molar-refractivity contribution is 8.01. The quantitative estimate of drug-likeness (QED) is 0.289. The first-order chi connectivity index (χ1) is 16.9. The summed E-state index contributed by atoms with van der Waals surface area (Å²) in [6, 6.07) is 9.41. The molecule has 0 aliphatic carbocycles. The molecular weight excluding hydrogens is 483 g/mol. The summed E-state index contributed by atoms with van der Waals surface area (Å²) in [5.74, 6) is 1.18. The van der Waals surface area contributed by atoms with Crippen LogP contribution in [0, 0.1) is 18.8 Å². The SMILES string of the molecule is COc1ccc2nccc([C@H](F)CC[C@@H]3CCN(CCSc4sccc4C)C[C@@H]3CC(=O)O)c2c1. The van der Waals surface area contributed by atoms with Gasteiger partial charge in [-0.05, 0) is 91.4 Å². The normalized spacial score (nSPS) is 19.6. The number of aryl methyl sites for hydroxylation is 1. The van der Waals surface area contributed by atoms with Crippen molar-refractivity contribution in [2.45, 2.75) is 43.0 Å². The number of likely N-dealkylation sites (tertiary alicyclic amines) is 1. The summed E-state index contributed by atoms with van der Waals surface area (Å²) in [6.07, 6.45) is 2.65. The van der Waals surface area contributed by atoms with Crippen molar-refractivity contribution in [3.05, 3.63) is 53.0 Å². The Balaban J connectivity index is 1.35. The number of hydrogen-bond acceptors (Lipinski definition) is 6. The summed E-state index contributed by atoms with van der Waals surface area (Å²) in [6.45, 7) is 4.79. The molecule has 188 valence electrons. The predicted octanol–water partition coefficient (Wildman–Crippen LogP) is 6.61. The fourth-order valence-electron chi connectivity index (χ4n) is 5.03. The van der Waals surface area contributed by atoms with Gasteiger partial charge in [0.05, 0.1) is 16.8 Å². The van der Waals surface area contributed by atoms with Crippen LogP contribution >= 0.6 is 23.1 Å². The number of carboxylic acids is 1. The van der Waals surface area contributed by atoms with Crippen molar-refractivity contribution in [1.82, 2.24) is 9.88 Å². The second kappa shape index (κ2) is 12.2. The van der Waals surface area contributed by atoms with E-state index >= 15 is 4.39 Å². The molecule has 3 atom stereocenters. The van der Waals surface area contributed by atoms with Crippen LogP contribution in [-0.4, -0.2) is 53.5 Å². The Bertz CT molecular complexity index is 1140. The number of alkyl halides is 1. The van der Waals surface area contributed by atoms with Crippen molar-refractivity contribution < 1.29 is 19.0 Å². The van der Waals surface area contributed by atoms with E-state index in [0.29, 0.717) is 24.2 Å². The van der Waals surface area contributed by atoms with Crippen molar-refractivity contribution in [1.29, 1.82) is 0 Å². The van der Waals surface area contributed by atoms with Crippen molar-refractivity contribution in [2.24, 2.45) is 11.8 Å². The van der Waals surface area contributed by atoms with Gasteiger partial charge in [0.2, 0.25) is 0 Å². The lowest BCUT2D eigenvalue weighted by molar-refractivity contribution is -0.139. The number of rotatable bonds is 11. The third-order valence-electron chi connectivity index (χ3n) is 6.98. The number of pyridine rings is 1. The first kappa shape index (κ1) is 25.9. The fraction of sp³-hybridized carbons (Fsp3) is 0.481. The van der Waals surface area contributed by atoms with E-state index in [1.165, 1.54) is 9.77 Å². The van der Waals surface area contributed by atoms with Crippen LogP contribution in [0.3, 0.4) is 0 Å². The summed E-state index contributed by atoms with van der Waals surface area (Å²) in [7, 11) is 1.60. The Morgan fingerprint density at radius 3 is 2.94 bits per heavy atom. The zero-order valence-electron chi connectivity index (χ0n) is 20.3. The number of benzene rings is 1. The largest absolute Gasteiger partial charge is 0.497 e. The molecule has 3 heterocycles. The molecule has 0 amide bonds. The van der Waals surface area contributed by atoms with Crippen LogP contribution in [0.1, 0.15) is 43.0 Å². The maximum atomic E-state index is 15.5. The summed E-state index contributed by atoms with van der Waals surface area (Å²) in [5, 5.41) is 12.4. The van der Waals surface area contributed by atoms with Gasteiger partial charge in [0.1, 0.15) is 11.9 Å². The highest BCUT2D eigenvalue weighted by Gasteiger charge is 2.31. The predicted molar refractivity (Wildman–Crippen MR) is 141 cm³/mol. The number of thiophene rings is 1. The number of fused-ring (bicyclic) bond motifs is 1. The molecule has 0 saturated carbocycles. The Hall–Kier alpha value is -2.16. The molecule has 5 nitrogen and oxygen atoms in total. The molecule has 3 aromatic rings. The topological polar surface area (TPSA) is 62.7 Å². The zero-order chi connectivity index (χ0) is 24.8. The number of carboxylic acid groups (broad SMARTS) is 1. The number of carbonyl (C=O) groups is 1. The number of nitrogens with zero attached hydrogens (tertiary/aromatic N) is 2. The van der Waals surface area contributed by atoms with E-state index in [1.54, 1.807) is 30.7 Å². The first-order valence-corrected chi connectivity index (χ1v) is 14.0. The highest BCUT2D eigenvalue weighted by atomic mass is 32.2. The van der Waals surface area contributed by atoms with Crippen LogP contribution in [0.4, 0.5) is 4.39 Å². The number of hydrogen-bond donors (Lipinski definition) is 1. The molecule has 1 N–H and O–H groups in total. The lowest BCUT2D eigenvalue weighted by Crippen LogP contribution is -2.42. The number of halogens is 1. The van der Waals surface area contributed by atoms with Gasteiger partial charge in [-0.1, -0.05) is 0 Å². The van der Waals surface area contributed by atoms with Crippen LogP contribution in [0.25, 0.3) is 10.9 Å². The van der Waals surface area contributed by atoms with E-state index in [2.05, 4.69) is 28.3 Å². The molecule has 1 fully saturated rings. The van der Waals surface area contributed by atoms with Gasteiger partial charge in [-0.2, -0.15) is 0 Å². The Morgan fingerprint density at radius 1 is 1.34 bits per heavy atom. The molecule has 35 heavy (non-hydrogen) atoms. The third kappa shape index (κ3) is 6.74. The molecule has 1 saturated heterocycles. The zero-order valence-corrected chi connectivity index (χ0v) is 21.9. The van der Waals surface area contributed by atoms with Crippen molar-refractivity contribution in [2.75, 3.05) is 32.5 Å². The molecule has 1 aliphatic rings. The number of ether oxygens (including phenoxy) is 1. The van der Waals surface area contributed by atoms with Gasteiger partial charge in [-0.25, -0.2) is 4.39 Å². The van der Waals surface area contributed by atoms with Crippen LogP contribution in [0.2, 0.25) is 0 Å². The average molecular weight is 517 g/mol. The minimum atomic E-state index is -1.12. The van der Waals surface area contributed by atoms with Crippen molar-refractivity contribution >= 4 is 40.0 Å². The van der Waals surface area contributed by atoms with Gasteiger partial charge in [-0.3, -0.25) is 9.78 Å². The Morgan fingerprint density at radius 2 is 2.20 bits per heavy atom. The van der Waals surface area contributed by atoms with Crippen molar-refractivity contribution in [3.8, 4) is 5.75 Å². The summed E-state index contributed by atoms with van der Waals surface area (Å²) < 4.78 is 22.1. The van der Waals surface area contributed by atoms with Crippen LogP contribution in [-0.2, 0) is 4.79 Å². The molecule has 0 radical (unpaired) electrons. The lowest BCUT2D eigenvalue weighted by atomic mass is 9.79. The third-order valence-corrected chi connectivity index (χ3v) is 9.40. The maximum absolute atomic E-state index is 15.5. The van der Waals surface area contributed by atoms with Gasteiger partial charge in [0.25, 0.3) is 0 Å². The van der Waals surface area contributed by atoms with E-state index in [4.69, 9.17) is 4.74 Å². The standard InChI is InChI=1S/C27H33FN2O3S2/c1-18-9-13-34-27(18)35-14-12-30-11-8-19(20(17-30)15-26(31)32)3-5-24(28)22-7-10-29-25-6-4-21(33-2)16-23(22)25/h4,6-7,9-10,13,16,19-20,24H,3,5,8,11-12,14-15,17H2,1-2H3,(H,31,32)/t19-,20+,24-/m1/s1. The molecule has 1 aliphatic heterocycles. The number of piperidine rings is 1. The monoisotopic (exact) mass is 516 g/mol. The Labute approximate surface area is 214 Å². The minimum absolute atomic E-state index is 0.0520. The van der Waals surface area contributed by atoms with Crippen molar-refractivity contribution in [3.63, 3.8) is 0 Å². The average Bonchev–Trinajstić information content (AvgIpc) is 3.26. The molecule has 0 bridgehead atoms. The lowest BCUT2D eigenvalue weighted by Gasteiger charge is -2.38. The van der Waals surface area contributed by atoms with E-state index in [0.717, 1.165) is 42.7 Å². The minimum Gasteiger partial charge on any atom is -0.497 e. The highest BCUT2D eigenvalue weighted by Crippen LogP contribution is 2.36. The van der Waals surface area contributed by atoms with Crippen LogP contribution < -0.4 is 4.74 Å². The second-order valence-electron chi connectivity index (χ2n) is 9.27. The van der Waals surface area contributed by atoms with Gasteiger partial charge in [0, 0.05) is 36.8 Å². The molecule has 4 rings (SSSR count). The maximum Gasteiger partial charge on any atom is 0.303 e. The molecule has 1 aromatic carbocycles. The fourth-order valence-corrected chi connectivity index (χ4v) is 7.20. The van der Waals surface area contributed by atoms with Gasteiger partial charge in [-0.15, -0.1) is 23.1 Å². The Kier molecular flexibility index (Phi) is 9.03. The summed E-state index contributed by atoms with van der Waals surface area (Å²) in [4.78, 5) is 18.3. The molecule has 0 spiro atoms. The smallest absolute Gasteiger partial charge is 0.303 e. The number of aromatic nitrogens is 1. The first-order valence-electron chi connectivity index (χ1n) is 12.1. The number of thioether (sulfide) groups is 1. The number of aliphatic carboxylic acids is 1. The van der Waals surface area contributed by atoms with E-state index < -0.39 is 12.1 Å². The van der Waals surface area contributed by atoms with E-state index in [9.17, 15) is 9.90 Å². The van der Waals surface area contributed by atoms with Crippen LogP contribution in [0.5, 0.6) is 5.75 Å². The van der Waals surface area contributed by atoms with Gasteiger partial charge in [0.15, 0.2) is 0 Å². The molecule has 0 unspecified atom stereocenters. The van der Waals surface area contributed by atoms with E-state index in [-0.39, 0.29) is 18.3 Å².